The second-order valence-corrected chi connectivity index (χ2v) is 5.68. The first-order valence-electron chi connectivity index (χ1n) is 6.67. The van der Waals surface area contributed by atoms with Crippen LogP contribution in [0.5, 0.6) is 0 Å². The lowest BCUT2D eigenvalue weighted by atomic mass is 10.2. The van der Waals surface area contributed by atoms with Gasteiger partial charge in [-0.1, -0.05) is 11.3 Å². The van der Waals surface area contributed by atoms with Crippen LogP contribution in [0.25, 0.3) is 0 Å². The minimum atomic E-state index is -1.09. The van der Waals surface area contributed by atoms with Gasteiger partial charge in [0.05, 0.1) is 16.6 Å². The first kappa shape index (κ1) is 17.1. The van der Waals surface area contributed by atoms with Gasteiger partial charge >= 0.3 is 11.0 Å². The number of esters is 1. The molecule has 24 heavy (non-hydrogen) atoms. The predicted molar refractivity (Wildman–Crippen MR) is 85.6 cm³/mol. The fourth-order valence-corrected chi connectivity index (χ4v) is 2.38. The second-order valence-electron chi connectivity index (χ2n) is 4.62. The highest BCUT2D eigenvalue weighted by atomic mass is 32.1. The normalized spacial score (nSPS) is 11.2. The lowest BCUT2D eigenvalue weighted by Crippen LogP contribution is -2.29. The molecule has 0 saturated heterocycles. The molecule has 9 heteroatoms. The number of carbonyl (C=O) groups excluding carboxylic acids is 2. The van der Waals surface area contributed by atoms with E-state index in [1.54, 1.807) is 12.1 Å². The summed E-state index contributed by atoms with van der Waals surface area (Å²) in [7, 11) is 0. The number of nitriles is 1. The highest BCUT2D eigenvalue weighted by Crippen LogP contribution is 2.24. The van der Waals surface area contributed by atoms with E-state index in [9.17, 15) is 19.7 Å². The Morgan fingerprint density at radius 3 is 2.50 bits per heavy atom. The van der Waals surface area contributed by atoms with Crippen LogP contribution in [0.3, 0.4) is 0 Å². The molecule has 0 aliphatic carbocycles. The van der Waals surface area contributed by atoms with E-state index in [-0.39, 0.29) is 9.88 Å². The van der Waals surface area contributed by atoms with Crippen LogP contribution in [-0.4, -0.2) is 22.9 Å². The Hall–Kier alpha value is -3.25. The quantitative estimate of drug-likeness (QED) is 0.505. The van der Waals surface area contributed by atoms with Crippen molar-refractivity contribution in [3.63, 3.8) is 0 Å². The Morgan fingerprint density at radius 2 is 1.96 bits per heavy atom. The van der Waals surface area contributed by atoms with E-state index in [0.717, 1.165) is 0 Å². The number of carbonyl (C=O) groups is 2. The van der Waals surface area contributed by atoms with E-state index < -0.39 is 22.9 Å². The molecule has 0 spiro atoms. The van der Waals surface area contributed by atoms with Gasteiger partial charge in [0.15, 0.2) is 6.10 Å². The predicted octanol–water partition coefficient (Wildman–Crippen LogP) is 2.71. The molecule has 1 atom stereocenters. The highest BCUT2D eigenvalue weighted by molar-refractivity contribution is 7.17. The van der Waals surface area contributed by atoms with Crippen molar-refractivity contribution >= 4 is 33.9 Å². The lowest BCUT2D eigenvalue weighted by Gasteiger charge is -2.12. The fourth-order valence-electron chi connectivity index (χ4n) is 1.68. The molecule has 8 nitrogen and oxygen atoms in total. The molecule has 122 valence electrons. The van der Waals surface area contributed by atoms with Crippen molar-refractivity contribution in [1.82, 2.24) is 0 Å². The van der Waals surface area contributed by atoms with E-state index in [1.165, 1.54) is 31.2 Å². The van der Waals surface area contributed by atoms with Gasteiger partial charge in [-0.05, 0) is 37.3 Å². The Labute approximate surface area is 140 Å². The van der Waals surface area contributed by atoms with Gasteiger partial charge in [-0.15, -0.1) is 0 Å². The monoisotopic (exact) mass is 345 g/mol. The molecule has 1 N–H and O–H groups in total. The van der Waals surface area contributed by atoms with Gasteiger partial charge in [-0.3, -0.25) is 14.9 Å². The second kappa shape index (κ2) is 7.34. The van der Waals surface area contributed by atoms with Gasteiger partial charge in [0.2, 0.25) is 0 Å². The van der Waals surface area contributed by atoms with Crippen LogP contribution < -0.4 is 5.32 Å². The number of rotatable bonds is 5. The Kier molecular flexibility index (Phi) is 5.23. The van der Waals surface area contributed by atoms with Gasteiger partial charge < -0.3 is 10.1 Å². The zero-order valence-electron chi connectivity index (χ0n) is 12.4. The minimum absolute atomic E-state index is 0.0414. The molecule has 0 radical (unpaired) electrons. The molecule has 0 aliphatic heterocycles. The molecule has 2 rings (SSSR count). The maximum atomic E-state index is 12.0. The van der Waals surface area contributed by atoms with E-state index in [0.29, 0.717) is 22.6 Å². The molecule has 0 saturated carbocycles. The molecule has 0 aliphatic rings. The summed E-state index contributed by atoms with van der Waals surface area (Å²) in [6.07, 6.45) is -1.09. The number of thiophene rings is 1. The maximum absolute atomic E-state index is 12.0. The number of amides is 1. The Morgan fingerprint density at radius 1 is 1.29 bits per heavy atom. The van der Waals surface area contributed by atoms with Crippen molar-refractivity contribution < 1.29 is 19.2 Å². The van der Waals surface area contributed by atoms with E-state index in [4.69, 9.17) is 10.00 Å². The number of nitro groups is 1. The van der Waals surface area contributed by atoms with E-state index >= 15 is 0 Å². The van der Waals surface area contributed by atoms with Crippen LogP contribution in [0.1, 0.15) is 22.2 Å². The summed E-state index contributed by atoms with van der Waals surface area (Å²) < 4.78 is 4.99. The summed E-state index contributed by atoms with van der Waals surface area (Å²) >= 11 is 0.675. The van der Waals surface area contributed by atoms with Crippen LogP contribution in [0, 0.1) is 21.4 Å². The standard InChI is InChI=1S/C15H11N3O5S/c1-9(14(19)17-11-4-2-10(8-16)3-5-11)23-15(20)12-6-7-13(24-12)18(21)22/h2-7,9H,1H3,(H,17,19)/t9-/m1/s1. The van der Waals surface area contributed by atoms with E-state index in [2.05, 4.69) is 5.32 Å². The number of anilines is 1. The molecular weight excluding hydrogens is 334 g/mol. The fraction of sp³-hybridized carbons (Fsp3) is 0.133. The molecule has 1 heterocycles. The van der Waals surface area contributed by atoms with Crippen LogP contribution in [-0.2, 0) is 9.53 Å². The maximum Gasteiger partial charge on any atom is 0.349 e. The smallest absolute Gasteiger partial charge is 0.349 e. The number of benzene rings is 1. The van der Waals surface area contributed by atoms with Gasteiger partial charge in [0.1, 0.15) is 4.88 Å². The summed E-state index contributed by atoms with van der Waals surface area (Å²) in [5.41, 5.74) is 0.903. The number of hydrogen-bond acceptors (Lipinski definition) is 7. The summed E-state index contributed by atoms with van der Waals surface area (Å²) in [4.78, 5) is 33.9. The minimum Gasteiger partial charge on any atom is -0.448 e. The SMILES string of the molecule is C[C@@H](OC(=O)c1ccc([N+](=O)[O-])s1)C(=O)Nc1ccc(C#N)cc1. The molecule has 1 amide bonds. The number of hydrogen-bond donors (Lipinski definition) is 1. The van der Waals surface area contributed by atoms with E-state index in [1.807, 2.05) is 6.07 Å². The van der Waals surface area contributed by atoms with Gasteiger partial charge in [0.25, 0.3) is 5.91 Å². The van der Waals surface area contributed by atoms with Crippen LogP contribution >= 0.6 is 11.3 Å². The van der Waals surface area contributed by atoms with Crippen molar-refractivity contribution in [3.05, 3.63) is 57.0 Å². The van der Waals surface area contributed by atoms with Crippen molar-refractivity contribution in [3.8, 4) is 6.07 Å². The summed E-state index contributed by atoms with van der Waals surface area (Å²) in [6, 6.07) is 10.6. The zero-order chi connectivity index (χ0) is 17.7. The average Bonchev–Trinajstić information content (AvgIpc) is 3.06. The largest absolute Gasteiger partial charge is 0.448 e. The van der Waals surface area contributed by atoms with Crippen molar-refractivity contribution in [2.24, 2.45) is 0 Å². The third-order valence-corrected chi connectivity index (χ3v) is 3.92. The first-order valence-corrected chi connectivity index (χ1v) is 7.48. The molecular formula is C15H11N3O5S. The summed E-state index contributed by atoms with van der Waals surface area (Å²) in [5, 5.41) is 21.7. The molecule has 1 aromatic heterocycles. The number of nitrogens with zero attached hydrogens (tertiary/aromatic N) is 2. The summed E-state index contributed by atoms with van der Waals surface area (Å²) in [5.74, 6) is -1.37. The third-order valence-electron chi connectivity index (χ3n) is 2.91. The van der Waals surface area contributed by atoms with Crippen molar-refractivity contribution in [1.29, 1.82) is 5.26 Å². The molecule has 0 bridgehead atoms. The average molecular weight is 345 g/mol. The van der Waals surface area contributed by atoms with Crippen molar-refractivity contribution in [2.75, 3.05) is 5.32 Å². The van der Waals surface area contributed by atoms with Crippen LogP contribution in [0.2, 0.25) is 0 Å². The molecule has 2 aromatic rings. The third kappa shape index (κ3) is 4.15. The van der Waals surface area contributed by atoms with Crippen molar-refractivity contribution in [2.45, 2.75) is 13.0 Å². The molecule has 0 fully saturated rings. The van der Waals surface area contributed by atoms with Gasteiger partial charge in [-0.2, -0.15) is 5.26 Å². The lowest BCUT2D eigenvalue weighted by molar-refractivity contribution is -0.380. The van der Waals surface area contributed by atoms with Gasteiger partial charge in [-0.25, -0.2) is 4.79 Å². The van der Waals surface area contributed by atoms with Crippen LogP contribution in [0.15, 0.2) is 36.4 Å². The first-order chi connectivity index (χ1) is 11.4. The topological polar surface area (TPSA) is 122 Å². The van der Waals surface area contributed by atoms with Gasteiger partial charge in [0, 0.05) is 11.8 Å². The van der Waals surface area contributed by atoms with Crippen LogP contribution in [0.4, 0.5) is 10.7 Å². The molecule has 1 aromatic carbocycles. The Balaban J connectivity index is 1.95. The number of ether oxygens (including phenoxy) is 1. The number of nitrogens with one attached hydrogen (secondary N) is 1. The zero-order valence-corrected chi connectivity index (χ0v) is 13.2. The Bertz CT molecular complexity index is 822. The molecule has 0 unspecified atom stereocenters. The summed E-state index contributed by atoms with van der Waals surface area (Å²) in [6.45, 7) is 1.39. The highest BCUT2D eigenvalue weighted by Gasteiger charge is 2.22.